The van der Waals surface area contributed by atoms with Gasteiger partial charge < -0.3 is 10.2 Å². The van der Waals surface area contributed by atoms with Gasteiger partial charge in [0.2, 0.25) is 0 Å². The summed E-state index contributed by atoms with van der Waals surface area (Å²) in [5, 5.41) is 7.65. The number of carbonyl (C=O) groups excluding carboxylic acids is 1. The normalized spacial score (nSPS) is 22.7. The predicted octanol–water partition coefficient (Wildman–Crippen LogP) is 1.44. The van der Waals surface area contributed by atoms with Crippen molar-refractivity contribution in [3.05, 3.63) is 58.3 Å². The molecular formula is C19H21FN4O2. The zero-order chi connectivity index (χ0) is 18.1. The third-order valence-corrected chi connectivity index (χ3v) is 5.40. The van der Waals surface area contributed by atoms with Crippen LogP contribution in [0.15, 0.2) is 41.2 Å². The number of nitrogens with zero attached hydrogens (tertiary/aromatic N) is 3. The number of amides is 1. The van der Waals surface area contributed by atoms with Gasteiger partial charge in [-0.25, -0.2) is 4.39 Å². The Morgan fingerprint density at radius 3 is 2.35 bits per heavy atom. The SMILES string of the molecule is O=C(c1ccc(=O)n(-c2ccc(F)cc2)n1)N1CC[C@@H]2CNC[C@@H]2CC1. The summed E-state index contributed by atoms with van der Waals surface area (Å²) in [6.07, 6.45) is 1.97. The fourth-order valence-corrected chi connectivity index (χ4v) is 3.88. The first-order valence-corrected chi connectivity index (χ1v) is 8.98. The van der Waals surface area contributed by atoms with Crippen LogP contribution >= 0.6 is 0 Å². The molecule has 6 nitrogen and oxygen atoms in total. The second-order valence-electron chi connectivity index (χ2n) is 6.99. The van der Waals surface area contributed by atoms with Crippen LogP contribution < -0.4 is 10.9 Å². The highest BCUT2D eigenvalue weighted by atomic mass is 19.1. The Kier molecular flexibility index (Phi) is 4.55. The number of carbonyl (C=O) groups is 1. The van der Waals surface area contributed by atoms with Crippen LogP contribution in [0, 0.1) is 17.7 Å². The molecule has 2 saturated heterocycles. The smallest absolute Gasteiger partial charge is 0.274 e. The van der Waals surface area contributed by atoms with E-state index in [9.17, 15) is 14.0 Å². The lowest BCUT2D eigenvalue weighted by molar-refractivity contribution is 0.0750. The van der Waals surface area contributed by atoms with Crippen molar-refractivity contribution in [1.29, 1.82) is 0 Å². The first kappa shape index (κ1) is 16.9. The lowest BCUT2D eigenvalue weighted by atomic mass is 9.92. The van der Waals surface area contributed by atoms with Crippen molar-refractivity contribution in [3.63, 3.8) is 0 Å². The molecule has 0 radical (unpaired) electrons. The maximum atomic E-state index is 13.1. The molecule has 3 heterocycles. The van der Waals surface area contributed by atoms with Crippen LogP contribution in [0.5, 0.6) is 0 Å². The van der Waals surface area contributed by atoms with Crippen molar-refractivity contribution in [2.45, 2.75) is 12.8 Å². The molecule has 7 heteroatoms. The second kappa shape index (κ2) is 6.99. The van der Waals surface area contributed by atoms with Gasteiger partial charge in [0.15, 0.2) is 0 Å². The van der Waals surface area contributed by atoms with Crippen molar-refractivity contribution in [2.24, 2.45) is 11.8 Å². The molecule has 2 aromatic rings. The number of hydrogen-bond acceptors (Lipinski definition) is 4. The maximum absolute atomic E-state index is 13.1. The molecule has 1 amide bonds. The molecule has 1 aromatic heterocycles. The maximum Gasteiger partial charge on any atom is 0.274 e. The van der Waals surface area contributed by atoms with Gasteiger partial charge in [-0.15, -0.1) is 0 Å². The first-order chi connectivity index (χ1) is 12.6. The number of benzene rings is 1. The Balaban J connectivity index is 1.57. The van der Waals surface area contributed by atoms with E-state index in [0.29, 0.717) is 30.6 Å². The zero-order valence-corrected chi connectivity index (χ0v) is 14.4. The molecule has 0 spiro atoms. The molecule has 2 fully saturated rings. The van der Waals surface area contributed by atoms with Gasteiger partial charge in [-0.05, 0) is 68.1 Å². The fraction of sp³-hybridized carbons (Fsp3) is 0.421. The predicted molar refractivity (Wildman–Crippen MR) is 94.8 cm³/mol. The van der Waals surface area contributed by atoms with Crippen molar-refractivity contribution < 1.29 is 9.18 Å². The second-order valence-corrected chi connectivity index (χ2v) is 6.99. The third kappa shape index (κ3) is 3.26. The average Bonchev–Trinajstić information content (AvgIpc) is 3.01. The molecule has 2 aliphatic rings. The highest BCUT2D eigenvalue weighted by Crippen LogP contribution is 2.27. The van der Waals surface area contributed by atoms with Gasteiger partial charge in [0, 0.05) is 19.2 Å². The van der Waals surface area contributed by atoms with E-state index in [1.165, 1.54) is 36.4 Å². The fourth-order valence-electron chi connectivity index (χ4n) is 3.88. The largest absolute Gasteiger partial charge is 0.337 e. The quantitative estimate of drug-likeness (QED) is 0.884. The topological polar surface area (TPSA) is 67.2 Å². The van der Waals surface area contributed by atoms with Crippen LogP contribution in [0.25, 0.3) is 5.69 Å². The minimum Gasteiger partial charge on any atom is -0.337 e. The van der Waals surface area contributed by atoms with Crippen molar-refractivity contribution in [1.82, 2.24) is 20.0 Å². The minimum atomic E-state index is -0.390. The Labute approximate surface area is 150 Å². The number of nitrogens with one attached hydrogen (secondary N) is 1. The number of aromatic nitrogens is 2. The van der Waals surface area contributed by atoms with E-state index in [1.54, 1.807) is 0 Å². The molecule has 0 unspecified atom stereocenters. The summed E-state index contributed by atoms with van der Waals surface area (Å²) in [4.78, 5) is 26.8. The van der Waals surface area contributed by atoms with Crippen LogP contribution in [0.4, 0.5) is 4.39 Å². The highest BCUT2D eigenvalue weighted by Gasteiger charge is 2.32. The summed E-state index contributed by atoms with van der Waals surface area (Å²) >= 11 is 0. The number of fused-ring (bicyclic) bond motifs is 1. The summed E-state index contributed by atoms with van der Waals surface area (Å²) in [7, 11) is 0. The lowest BCUT2D eigenvalue weighted by Gasteiger charge is -2.20. The van der Waals surface area contributed by atoms with E-state index in [0.717, 1.165) is 30.6 Å². The van der Waals surface area contributed by atoms with Crippen LogP contribution in [0.3, 0.4) is 0 Å². The molecule has 4 rings (SSSR count). The third-order valence-electron chi connectivity index (χ3n) is 5.40. The summed E-state index contributed by atoms with van der Waals surface area (Å²) in [6.45, 7) is 3.47. The van der Waals surface area contributed by atoms with Crippen LogP contribution in [0.1, 0.15) is 23.3 Å². The Bertz CT molecular complexity index is 851. The summed E-state index contributed by atoms with van der Waals surface area (Å²) in [6, 6.07) is 8.27. The lowest BCUT2D eigenvalue weighted by Crippen LogP contribution is -2.35. The van der Waals surface area contributed by atoms with Crippen LogP contribution in [-0.2, 0) is 0 Å². The molecule has 26 heavy (non-hydrogen) atoms. The van der Waals surface area contributed by atoms with E-state index in [-0.39, 0.29) is 17.2 Å². The number of halogens is 1. The van der Waals surface area contributed by atoms with Gasteiger partial charge in [-0.3, -0.25) is 9.59 Å². The zero-order valence-electron chi connectivity index (χ0n) is 14.4. The van der Waals surface area contributed by atoms with Crippen molar-refractivity contribution in [2.75, 3.05) is 26.2 Å². The van der Waals surface area contributed by atoms with Crippen LogP contribution in [-0.4, -0.2) is 46.8 Å². The van der Waals surface area contributed by atoms with E-state index in [4.69, 9.17) is 0 Å². The average molecular weight is 356 g/mol. The van der Waals surface area contributed by atoms with Crippen molar-refractivity contribution >= 4 is 5.91 Å². The van der Waals surface area contributed by atoms with E-state index < -0.39 is 5.82 Å². The summed E-state index contributed by atoms with van der Waals surface area (Å²) in [5.41, 5.74) is 0.311. The van der Waals surface area contributed by atoms with Gasteiger partial charge in [0.05, 0.1) is 5.69 Å². The molecular weight excluding hydrogens is 335 g/mol. The Morgan fingerprint density at radius 1 is 1.04 bits per heavy atom. The van der Waals surface area contributed by atoms with Gasteiger partial charge in [-0.1, -0.05) is 0 Å². The van der Waals surface area contributed by atoms with E-state index in [2.05, 4.69) is 10.4 Å². The van der Waals surface area contributed by atoms with Crippen molar-refractivity contribution in [3.8, 4) is 5.69 Å². The van der Waals surface area contributed by atoms with E-state index in [1.807, 2.05) is 4.90 Å². The molecule has 1 aromatic carbocycles. The van der Waals surface area contributed by atoms with Gasteiger partial charge in [0.25, 0.3) is 11.5 Å². The number of likely N-dealkylation sites (tertiary alicyclic amines) is 1. The monoisotopic (exact) mass is 356 g/mol. The highest BCUT2D eigenvalue weighted by molar-refractivity contribution is 5.92. The summed E-state index contributed by atoms with van der Waals surface area (Å²) in [5.74, 6) is 0.718. The first-order valence-electron chi connectivity index (χ1n) is 8.98. The molecule has 0 saturated carbocycles. The Morgan fingerprint density at radius 2 is 1.69 bits per heavy atom. The Hall–Kier alpha value is -2.54. The van der Waals surface area contributed by atoms with Gasteiger partial charge in [0.1, 0.15) is 11.5 Å². The number of hydrogen-bond donors (Lipinski definition) is 1. The molecule has 2 atom stereocenters. The standard InChI is InChI=1S/C19H21FN4O2/c20-15-1-3-16(4-2-15)24-18(25)6-5-17(22-24)19(26)23-9-7-13-11-21-12-14(13)8-10-23/h1-6,13-14,21H,7-12H2/t13-,14+. The van der Waals surface area contributed by atoms with Crippen LogP contribution in [0.2, 0.25) is 0 Å². The van der Waals surface area contributed by atoms with E-state index >= 15 is 0 Å². The molecule has 0 bridgehead atoms. The van der Waals surface area contributed by atoms with Gasteiger partial charge in [-0.2, -0.15) is 9.78 Å². The minimum absolute atomic E-state index is 0.159. The number of rotatable bonds is 2. The molecule has 136 valence electrons. The molecule has 0 aliphatic carbocycles. The summed E-state index contributed by atoms with van der Waals surface area (Å²) < 4.78 is 14.3. The molecule has 1 N–H and O–H groups in total. The van der Waals surface area contributed by atoms with Gasteiger partial charge >= 0.3 is 0 Å². The molecule has 2 aliphatic heterocycles.